The maximum Gasteiger partial charge on any atom is 0.311 e. The fraction of sp³-hybridized carbons (Fsp3) is 0.875. The smallest absolute Gasteiger partial charge is 0.311 e. The van der Waals surface area contributed by atoms with Crippen molar-refractivity contribution in [2.24, 2.45) is 5.41 Å². The largest absolute Gasteiger partial charge is 0.481 e. The summed E-state index contributed by atoms with van der Waals surface area (Å²) in [5.74, 6) is -0.720. The third-order valence-corrected chi connectivity index (χ3v) is 3.32. The van der Waals surface area contributed by atoms with Crippen LogP contribution in [0.1, 0.15) is 19.3 Å². The Balaban J connectivity index is 0.000000845. The second-order valence-corrected chi connectivity index (χ2v) is 4.05. The second-order valence-electron chi connectivity index (χ2n) is 4.05. The number of carboxylic acid groups (broad SMARTS) is 1. The first-order chi connectivity index (χ1) is 5.63. The summed E-state index contributed by atoms with van der Waals surface area (Å²) in [4.78, 5) is 10.9. The van der Waals surface area contributed by atoms with Gasteiger partial charge in [-0.3, -0.25) is 4.79 Å². The van der Waals surface area contributed by atoms with Crippen molar-refractivity contribution >= 4 is 18.4 Å². The lowest BCUT2D eigenvalue weighted by Crippen LogP contribution is -2.44. The molecule has 76 valence electrons. The van der Waals surface area contributed by atoms with Gasteiger partial charge in [-0.15, -0.1) is 12.4 Å². The molecular formula is C8H14ClNO3. The number of carboxylic acids is 1. The number of piperidine rings is 1. The standard InChI is InChI=1S/C8H13NO3.ClH/c10-5-8-2-1-7(3-8,4-9-8)6(11)12;/h9-10H,1-5H2,(H,11,12);1H. The van der Waals surface area contributed by atoms with Crippen LogP contribution in [0.25, 0.3) is 0 Å². The number of halogens is 1. The van der Waals surface area contributed by atoms with E-state index in [1.807, 2.05) is 0 Å². The molecule has 1 saturated heterocycles. The van der Waals surface area contributed by atoms with E-state index < -0.39 is 11.4 Å². The summed E-state index contributed by atoms with van der Waals surface area (Å²) in [7, 11) is 0. The summed E-state index contributed by atoms with van der Waals surface area (Å²) >= 11 is 0. The molecule has 2 fully saturated rings. The molecule has 2 atom stereocenters. The van der Waals surface area contributed by atoms with Crippen LogP contribution in [0.5, 0.6) is 0 Å². The molecule has 0 amide bonds. The zero-order chi connectivity index (χ0) is 8.82. The van der Waals surface area contributed by atoms with Gasteiger partial charge in [0.05, 0.1) is 12.0 Å². The molecule has 2 unspecified atom stereocenters. The van der Waals surface area contributed by atoms with Gasteiger partial charge in [-0.25, -0.2) is 0 Å². The van der Waals surface area contributed by atoms with Crippen LogP contribution in [0.4, 0.5) is 0 Å². The fourth-order valence-electron chi connectivity index (χ4n) is 2.41. The van der Waals surface area contributed by atoms with Gasteiger partial charge in [0.1, 0.15) is 0 Å². The van der Waals surface area contributed by atoms with Gasteiger partial charge < -0.3 is 15.5 Å². The highest BCUT2D eigenvalue weighted by Crippen LogP contribution is 2.49. The van der Waals surface area contributed by atoms with Gasteiger partial charge in [0.15, 0.2) is 0 Å². The summed E-state index contributed by atoms with van der Waals surface area (Å²) in [6.45, 7) is 0.574. The van der Waals surface area contributed by atoms with Crippen LogP contribution in [-0.4, -0.2) is 34.9 Å². The Bertz CT molecular complexity index is 223. The number of fused-ring (bicyclic) bond motifs is 2. The van der Waals surface area contributed by atoms with Crippen LogP contribution >= 0.6 is 12.4 Å². The minimum Gasteiger partial charge on any atom is -0.481 e. The first-order valence-corrected chi connectivity index (χ1v) is 4.22. The minimum atomic E-state index is -0.720. The first-order valence-electron chi connectivity index (χ1n) is 4.22. The number of aliphatic hydroxyl groups excluding tert-OH is 1. The number of aliphatic hydroxyl groups is 1. The average Bonchev–Trinajstić information content (AvgIpc) is 2.61. The Labute approximate surface area is 82.7 Å². The third-order valence-electron chi connectivity index (χ3n) is 3.32. The Kier molecular flexibility index (Phi) is 2.58. The second kappa shape index (κ2) is 3.12. The molecule has 1 aliphatic carbocycles. The van der Waals surface area contributed by atoms with E-state index >= 15 is 0 Å². The number of hydrogen-bond acceptors (Lipinski definition) is 3. The summed E-state index contributed by atoms with van der Waals surface area (Å²) in [6.07, 6.45) is 2.08. The molecule has 2 bridgehead atoms. The van der Waals surface area contributed by atoms with E-state index in [0.717, 1.165) is 6.42 Å². The van der Waals surface area contributed by atoms with Crippen molar-refractivity contribution in [3.63, 3.8) is 0 Å². The van der Waals surface area contributed by atoms with E-state index in [2.05, 4.69) is 5.32 Å². The third kappa shape index (κ3) is 1.33. The summed E-state index contributed by atoms with van der Waals surface area (Å²) in [5.41, 5.74) is -0.860. The van der Waals surface area contributed by atoms with Crippen molar-refractivity contribution in [3.8, 4) is 0 Å². The number of nitrogens with one attached hydrogen (secondary N) is 1. The lowest BCUT2D eigenvalue weighted by molar-refractivity contribution is -0.147. The van der Waals surface area contributed by atoms with Gasteiger partial charge in [0, 0.05) is 12.1 Å². The molecule has 5 heteroatoms. The number of carbonyl (C=O) groups is 1. The van der Waals surface area contributed by atoms with Gasteiger partial charge in [0.2, 0.25) is 0 Å². The van der Waals surface area contributed by atoms with E-state index in [9.17, 15) is 4.79 Å². The molecule has 0 aromatic carbocycles. The highest BCUT2D eigenvalue weighted by atomic mass is 35.5. The van der Waals surface area contributed by atoms with E-state index in [1.165, 1.54) is 0 Å². The monoisotopic (exact) mass is 207 g/mol. The summed E-state index contributed by atoms with van der Waals surface area (Å²) in [6, 6.07) is 0. The summed E-state index contributed by atoms with van der Waals surface area (Å²) in [5, 5.41) is 21.2. The topological polar surface area (TPSA) is 69.6 Å². The highest BCUT2D eigenvalue weighted by molar-refractivity contribution is 5.85. The SMILES string of the molecule is Cl.O=C(O)C12CCC(CO)(C1)NC2. The Morgan fingerprint density at radius 1 is 1.46 bits per heavy atom. The molecule has 0 aromatic heterocycles. The van der Waals surface area contributed by atoms with E-state index in [0.29, 0.717) is 19.4 Å². The molecular weight excluding hydrogens is 194 g/mol. The predicted molar refractivity (Wildman–Crippen MR) is 49.0 cm³/mol. The zero-order valence-corrected chi connectivity index (χ0v) is 8.06. The van der Waals surface area contributed by atoms with Crippen molar-refractivity contribution in [3.05, 3.63) is 0 Å². The lowest BCUT2D eigenvalue weighted by atomic mass is 9.88. The molecule has 0 spiro atoms. The van der Waals surface area contributed by atoms with Crippen LogP contribution in [0, 0.1) is 5.41 Å². The molecule has 0 aromatic rings. The van der Waals surface area contributed by atoms with Crippen molar-refractivity contribution in [2.75, 3.05) is 13.2 Å². The van der Waals surface area contributed by atoms with Gasteiger partial charge in [-0.2, -0.15) is 0 Å². The average molecular weight is 208 g/mol. The lowest BCUT2D eigenvalue weighted by Gasteiger charge is -2.25. The van der Waals surface area contributed by atoms with E-state index in [4.69, 9.17) is 10.2 Å². The van der Waals surface area contributed by atoms with Crippen LogP contribution in [0.15, 0.2) is 0 Å². The molecule has 1 aliphatic heterocycles. The van der Waals surface area contributed by atoms with Gasteiger partial charge >= 0.3 is 5.97 Å². The van der Waals surface area contributed by atoms with Gasteiger partial charge in [-0.1, -0.05) is 0 Å². The minimum absolute atomic E-state index is 0. The molecule has 2 rings (SSSR count). The molecule has 4 nitrogen and oxygen atoms in total. The van der Waals surface area contributed by atoms with Crippen molar-refractivity contribution in [1.82, 2.24) is 5.32 Å². The van der Waals surface area contributed by atoms with Gasteiger partial charge in [-0.05, 0) is 19.3 Å². The van der Waals surface area contributed by atoms with E-state index in [-0.39, 0.29) is 24.6 Å². The molecule has 1 heterocycles. The normalized spacial score (nSPS) is 41.6. The quantitative estimate of drug-likeness (QED) is 0.596. The maximum atomic E-state index is 10.9. The number of hydrogen-bond donors (Lipinski definition) is 3. The molecule has 2 aliphatic rings. The molecule has 0 radical (unpaired) electrons. The van der Waals surface area contributed by atoms with Crippen LogP contribution in [0.3, 0.4) is 0 Å². The number of rotatable bonds is 2. The van der Waals surface area contributed by atoms with Crippen LogP contribution < -0.4 is 5.32 Å². The number of aliphatic carboxylic acids is 1. The van der Waals surface area contributed by atoms with Crippen molar-refractivity contribution in [2.45, 2.75) is 24.8 Å². The van der Waals surface area contributed by atoms with Crippen LogP contribution in [-0.2, 0) is 4.79 Å². The summed E-state index contributed by atoms with van der Waals surface area (Å²) < 4.78 is 0. The van der Waals surface area contributed by atoms with E-state index in [1.54, 1.807) is 0 Å². The maximum absolute atomic E-state index is 10.9. The Morgan fingerprint density at radius 3 is 2.38 bits per heavy atom. The molecule has 13 heavy (non-hydrogen) atoms. The van der Waals surface area contributed by atoms with Crippen molar-refractivity contribution < 1.29 is 15.0 Å². The van der Waals surface area contributed by atoms with Crippen molar-refractivity contribution in [1.29, 1.82) is 0 Å². The Hall–Kier alpha value is -0.320. The first kappa shape index (κ1) is 10.8. The highest BCUT2D eigenvalue weighted by Gasteiger charge is 2.57. The zero-order valence-electron chi connectivity index (χ0n) is 7.25. The van der Waals surface area contributed by atoms with Gasteiger partial charge in [0.25, 0.3) is 0 Å². The molecule has 3 N–H and O–H groups in total. The Morgan fingerprint density at radius 2 is 2.15 bits per heavy atom. The predicted octanol–water partition coefficient (Wildman–Crippen LogP) is -0.00260. The molecule has 1 saturated carbocycles. The van der Waals surface area contributed by atoms with Crippen LogP contribution in [0.2, 0.25) is 0 Å². The fourth-order valence-corrected chi connectivity index (χ4v) is 2.41.